The topological polar surface area (TPSA) is 56.2 Å². The first-order valence-electron chi connectivity index (χ1n) is 3.65. The summed E-state index contributed by atoms with van der Waals surface area (Å²) in [6.07, 6.45) is 1.75. The van der Waals surface area contributed by atoms with Gasteiger partial charge in [0.1, 0.15) is 0 Å². The van der Waals surface area contributed by atoms with Crippen molar-refractivity contribution in [2.45, 2.75) is 19.9 Å². The summed E-state index contributed by atoms with van der Waals surface area (Å²) in [5, 5.41) is 9.82. The van der Waals surface area contributed by atoms with Crippen LogP contribution in [0.2, 0.25) is 0 Å². The minimum atomic E-state index is -0.232. The lowest BCUT2D eigenvalue weighted by molar-refractivity contribution is 0.203. The Labute approximate surface area is 77.2 Å². The number of urea groups is 1. The smallest absolute Gasteiger partial charge is 0.323 e. The molecule has 0 aliphatic carbocycles. The number of thioether (sulfide) groups is 1. The van der Waals surface area contributed by atoms with Gasteiger partial charge in [0, 0.05) is 13.1 Å². The fraction of sp³-hybridized carbons (Fsp3) is 0.714. The van der Waals surface area contributed by atoms with Crippen LogP contribution in [0, 0.1) is 5.41 Å². The van der Waals surface area contributed by atoms with Gasteiger partial charge < -0.3 is 4.90 Å². The molecule has 0 radical (unpaired) electrons. The first kappa shape index (κ1) is 11.3. The van der Waals surface area contributed by atoms with E-state index in [1.165, 1.54) is 11.8 Å². The van der Waals surface area contributed by atoms with Gasteiger partial charge in [0.2, 0.25) is 0 Å². The van der Waals surface area contributed by atoms with Crippen LogP contribution in [-0.2, 0) is 0 Å². The highest BCUT2D eigenvalue weighted by Crippen LogP contribution is 1.96. The number of hydrogen-bond donors (Lipinski definition) is 2. The van der Waals surface area contributed by atoms with Crippen LogP contribution >= 0.6 is 11.8 Å². The maximum absolute atomic E-state index is 11.2. The van der Waals surface area contributed by atoms with Gasteiger partial charge in [-0.1, -0.05) is 11.8 Å². The fourth-order valence-electron chi connectivity index (χ4n) is 0.471. The third-order valence-electron chi connectivity index (χ3n) is 1.52. The minimum Gasteiger partial charge on any atom is -0.325 e. The molecule has 0 bridgehead atoms. The van der Waals surface area contributed by atoms with Crippen molar-refractivity contribution in [3.63, 3.8) is 0 Å². The number of amidine groups is 1. The van der Waals surface area contributed by atoms with Gasteiger partial charge in [0.15, 0.2) is 5.17 Å². The molecule has 0 spiro atoms. The van der Waals surface area contributed by atoms with Gasteiger partial charge in [-0.25, -0.2) is 4.79 Å². The van der Waals surface area contributed by atoms with E-state index in [1.54, 1.807) is 18.2 Å². The van der Waals surface area contributed by atoms with E-state index in [0.717, 1.165) is 0 Å². The predicted molar refractivity (Wildman–Crippen MR) is 52.7 cm³/mol. The number of nitrogens with zero attached hydrogens (tertiary/aromatic N) is 1. The van der Waals surface area contributed by atoms with Gasteiger partial charge in [-0.3, -0.25) is 10.7 Å². The predicted octanol–water partition coefficient (Wildman–Crippen LogP) is 1.33. The van der Waals surface area contributed by atoms with Gasteiger partial charge in [-0.05, 0) is 20.1 Å². The summed E-state index contributed by atoms with van der Waals surface area (Å²) in [4.78, 5) is 12.8. The van der Waals surface area contributed by atoms with E-state index in [9.17, 15) is 4.79 Å². The molecule has 0 aromatic carbocycles. The second kappa shape index (κ2) is 5.03. The number of carbonyl (C=O) groups excluding carboxylic acids is 1. The third-order valence-corrected chi connectivity index (χ3v) is 2.03. The molecule has 70 valence electrons. The molecule has 0 aliphatic heterocycles. The molecule has 5 heteroatoms. The van der Waals surface area contributed by atoms with Gasteiger partial charge in [-0.2, -0.15) is 0 Å². The van der Waals surface area contributed by atoms with Crippen molar-refractivity contribution in [2.24, 2.45) is 0 Å². The van der Waals surface area contributed by atoms with E-state index in [-0.39, 0.29) is 17.2 Å². The fourth-order valence-corrected chi connectivity index (χ4v) is 0.660. The molecule has 0 atom stereocenters. The number of hydrogen-bond acceptors (Lipinski definition) is 3. The van der Waals surface area contributed by atoms with Crippen molar-refractivity contribution in [1.82, 2.24) is 10.2 Å². The molecule has 0 aromatic rings. The number of nitrogens with one attached hydrogen (secondary N) is 2. The van der Waals surface area contributed by atoms with Crippen LogP contribution in [0.15, 0.2) is 0 Å². The molecule has 2 amide bonds. The van der Waals surface area contributed by atoms with Crippen molar-refractivity contribution in [3.8, 4) is 0 Å². The number of carbonyl (C=O) groups is 1. The van der Waals surface area contributed by atoms with Crippen molar-refractivity contribution in [1.29, 1.82) is 5.41 Å². The summed E-state index contributed by atoms with van der Waals surface area (Å²) in [5.41, 5.74) is 0. The zero-order valence-electron chi connectivity index (χ0n) is 7.84. The quantitative estimate of drug-likeness (QED) is 0.483. The van der Waals surface area contributed by atoms with Crippen molar-refractivity contribution < 1.29 is 4.79 Å². The Morgan fingerprint density at radius 2 is 2.08 bits per heavy atom. The van der Waals surface area contributed by atoms with Crippen LogP contribution in [0.25, 0.3) is 0 Å². The van der Waals surface area contributed by atoms with Gasteiger partial charge in [0.25, 0.3) is 0 Å². The first-order chi connectivity index (χ1) is 5.49. The van der Waals surface area contributed by atoms with Crippen LogP contribution in [0.4, 0.5) is 4.79 Å². The van der Waals surface area contributed by atoms with Crippen molar-refractivity contribution >= 4 is 23.0 Å². The van der Waals surface area contributed by atoms with E-state index in [4.69, 9.17) is 5.41 Å². The van der Waals surface area contributed by atoms with Crippen LogP contribution < -0.4 is 5.32 Å². The Morgan fingerprint density at radius 3 is 2.42 bits per heavy atom. The summed E-state index contributed by atoms with van der Waals surface area (Å²) >= 11 is 1.21. The van der Waals surface area contributed by atoms with Crippen molar-refractivity contribution in [3.05, 3.63) is 0 Å². The van der Waals surface area contributed by atoms with Gasteiger partial charge in [0.05, 0.1) is 0 Å². The third kappa shape index (κ3) is 3.61. The second-order valence-corrected chi connectivity index (χ2v) is 3.48. The Kier molecular flexibility index (Phi) is 4.73. The molecule has 4 nitrogen and oxygen atoms in total. The monoisotopic (exact) mass is 189 g/mol. The second-order valence-electron chi connectivity index (χ2n) is 2.67. The lowest BCUT2D eigenvalue weighted by atomic mass is 10.4. The maximum Gasteiger partial charge on any atom is 0.323 e. The van der Waals surface area contributed by atoms with E-state index in [1.807, 2.05) is 13.8 Å². The molecule has 0 fully saturated rings. The molecular formula is C7H15N3OS. The molecule has 0 saturated heterocycles. The summed E-state index contributed by atoms with van der Waals surface area (Å²) in [5.74, 6) is 0. The van der Waals surface area contributed by atoms with E-state index in [2.05, 4.69) is 5.32 Å². The standard InChI is InChI=1S/C7H15N3OS/c1-5(2)10(3)7(11)9-6(8)12-4/h5H,1-4H3,(H2,8,9,11). The first-order valence-corrected chi connectivity index (χ1v) is 4.87. The minimum absolute atomic E-state index is 0.152. The Morgan fingerprint density at radius 1 is 1.58 bits per heavy atom. The molecule has 12 heavy (non-hydrogen) atoms. The highest BCUT2D eigenvalue weighted by Gasteiger charge is 2.11. The van der Waals surface area contributed by atoms with E-state index >= 15 is 0 Å². The SMILES string of the molecule is CSC(=N)NC(=O)N(C)C(C)C. The summed E-state index contributed by atoms with van der Waals surface area (Å²) in [6, 6.07) is -0.0796. The van der Waals surface area contributed by atoms with E-state index in [0.29, 0.717) is 0 Å². The van der Waals surface area contributed by atoms with Gasteiger partial charge in [-0.15, -0.1) is 0 Å². The molecule has 0 rings (SSSR count). The summed E-state index contributed by atoms with van der Waals surface area (Å²) < 4.78 is 0. The lowest BCUT2D eigenvalue weighted by Gasteiger charge is -2.21. The Hall–Kier alpha value is -0.710. The Balaban J connectivity index is 3.96. The molecule has 0 unspecified atom stereocenters. The zero-order chi connectivity index (χ0) is 9.72. The molecule has 2 N–H and O–H groups in total. The lowest BCUT2D eigenvalue weighted by Crippen LogP contribution is -2.42. The summed E-state index contributed by atoms with van der Waals surface area (Å²) in [7, 11) is 1.70. The molecule has 0 aliphatic rings. The highest BCUT2D eigenvalue weighted by atomic mass is 32.2. The highest BCUT2D eigenvalue weighted by molar-refractivity contribution is 8.13. The number of rotatable bonds is 1. The maximum atomic E-state index is 11.2. The molecule has 0 aromatic heterocycles. The largest absolute Gasteiger partial charge is 0.325 e. The molecule has 0 heterocycles. The number of amides is 2. The van der Waals surface area contributed by atoms with Gasteiger partial charge >= 0.3 is 6.03 Å². The normalized spacial score (nSPS) is 9.75. The zero-order valence-corrected chi connectivity index (χ0v) is 8.66. The van der Waals surface area contributed by atoms with Crippen LogP contribution in [0.5, 0.6) is 0 Å². The average molecular weight is 189 g/mol. The van der Waals surface area contributed by atoms with Crippen LogP contribution in [0.1, 0.15) is 13.8 Å². The van der Waals surface area contributed by atoms with Crippen LogP contribution in [-0.4, -0.2) is 35.4 Å². The van der Waals surface area contributed by atoms with Crippen LogP contribution in [0.3, 0.4) is 0 Å². The van der Waals surface area contributed by atoms with E-state index < -0.39 is 0 Å². The Bertz CT molecular complexity index is 181. The molecule has 0 saturated carbocycles. The average Bonchev–Trinajstić information content (AvgIpc) is 2.02. The molecular weight excluding hydrogens is 174 g/mol. The summed E-state index contributed by atoms with van der Waals surface area (Å²) in [6.45, 7) is 3.84. The van der Waals surface area contributed by atoms with Crippen molar-refractivity contribution in [2.75, 3.05) is 13.3 Å².